The Balaban J connectivity index is 1.37. The van der Waals surface area contributed by atoms with E-state index in [1.54, 1.807) is 22.8 Å². The Morgan fingerprint density at radius 3 is 2.24 bits per heavy atom. The van der Waals surface area contributed by atoms with Gasteiger partial charge < -0.3 is 4.84 Å². The average Bonchev–Trinajstić information content (AvgIpc) is 3.40. The fourth-order valence-electron chi connectivity index (χ4n) is 4.50. The largest absolute Gasteiger partial charge is 0.387 e. The second-order valence-corrected chi connectivity index (χ2v) is 9.91. The zero-order chi connectivity index (χ0) is 25.5. The van der Waals surface area contributed by atoms with Crippen LogP contribution in [0, 0.1) is 6.92 Å². The van der Waals surface area contributed by atoms with Crippen LogP contribution in [0.25, 0.3) is 28.0 Å². The number of hydrogen-bond donors (Lipinski definition) is 0. The van der Waals surface area contributed by atoms with Crippen LogP contribution < -0.4 is 5.56 Å². The van der Waals surface area contributed by atoms with Crippen molar-refractivity contribution in [2.75, 3.05) is 0 Å². The summed E-state index contributed by atoms with van der Waals surface area (Å²) < 4.78 is 1.65. The predicted octanol–water partition coefficient (Wildman–Crippen LogP) is 7.53. The van der Waals surface area contributed by atoms with Gasteiger partial charge in [-0.3, -0.25) is 9.36 Å². The molecule has 0 spiro atoms. The van der Waals surface area contributed by atoms with E-state index in [1.807, 2.05) is 79.7 Å². The zero-order valence-electron chi connectivity index (χ0n) is 19.9. The van der Waals surface area contributed by atoms with Gasteiger partial charge in [0.05, 0.1) is 22.3 Å². The van der Waals surface area contributed by atoms with Crippen LogP contribution in [0.3, 0.4) is 0 Å². The summed E-state index contributed by atoms with van der Waals surface area (Å²) in [6, 6.07) is 28.5. The Kier molecular flexibility index (Phi) is 6.03. The van der Waals surface area contributed by atoms with Crippen molar-refractivity contribution in [1.82, 2.24) is 9.55 Å². The number of aromatic nitrogens is 2. The Morgan fingerprint density at radius 2 is 1.51 bits per heavy atom. The van der Waals surface area contributed by atoms with E-state index in [0.29, 0.717) is 38.9 Å². The molecule has 182 valence electrons. The molecule has 0 bridgehead atoms. The van der Waals surface area contributed by atoms with Gasteiger partial charge in [-0.15, -0.1) is 0 Å². The van der Waals surface area contributed by atoms with Gasteiger partial charge in [0.2, 0.25) is 0 Å². The molecule has 6 rings (SSSR count). The van der Waals surface area contributed by atoms with Crippen LogP contribution in [0.5, 0.6) is 0 Å². The number of aryl methyl sites for hydroxylation is 1. The summed E-state index contributed by atoms with van der Waals surface area (Å²) >= 11 is 12.2. The quantitative estimate of drug-likeness (QED) is 0.243. The maximum absolute atomic E-state index is 13.7. The van der Waals surface area contributed by atoms with E-state index in [1.165, 1.54) is 0 Å². The van der Waals surface area contributed by atoms with Crippen molar-refractivity contribution in [2.45, 2.75) is 19.4 Å². The summed E-state index contributed by atoms with van der Waals surface area (Å²) in [6.07, 6.45) is 0.443. The van der Waals surface area contributed by atoms with E-state index in [9.17, 15) is 4.79 Å². The fourth-order valence-corrected chi connectivity index (χ4v) is 4.79. The van der Waals surface area contributed by atoms with E-state index in [-0.39, 0.29) is 11.7 Å². The standard InChI is InChI=1S/C30H21Cl2N3O2/c1-18-2-4-21(5-3-18)29-33-27-16-23(32)12-15-25(27)30(36)35(29)24-13-8-20(9-14-24)28-17-26(34-37-28)19-6-10-22(31)11-7-19/h2-16,28H,17H2,1H3. The Labute approximate surface area is 223 Å². The summed E-state index contributed by atoms with van der Waals surface area (Å²) in [5.41, 5.74) is 5.92. The molecule has 0 aliphatic carbocycles. The Bertz CT molecular complexity index is 1710. The van der Waals surface area contributed by atoms with Gasteiger partial charge in [-0.05, 0) is 60.5 Å². The van der Waals surface area contributed by atoms with Gasteiger partial charge in [0, 0.05) is 22.0 Å². The molecule has 0 N–H and O–H groups in total. The van der Waals surface area contributed by atoms with Gasteiger partial charge in [0.25, 0.3) is 5.56 Å². The van der Waals surface area contributed by atoms with E-state index >= 15 is 0 Å². The van der Waals surface area contributed by atoms with E-state index < -0.39 is 0 Å². The van der Waals surface area contributed by atoms with Crippen LogP contribution in [0.1, 0.15) is 29.2 Å². The monoisotopic (exact) mass is 525 g/mol. The lowest BCUT2D eigenvalue weighted by atomic mass is 10.00. The molecule has 0 saturated heterocycles. The molecule has 7 heteroatoms. The number of oxime groups is 1. The van der Waals surface area contributed by atoms with Crippen molar-refractivity contribution < 1.29 is 4.84 Å². The van der Waals surface area contributed by atoms with Gasteiger partial charge in [-0.25, -0.2) is 4.98 Å². The SMILES string of the molecule is Cc1ccc(-c2nc3cc(Cl)ccc3c(=O)n2-c2ccc(C3CC(c4ccc(Cl)cc4)=NO3)cc2)cc1. The Hall–Kier alpha value is -3.93. The average molecular weight is 526 g/mol. The third kappa shape index (κ3) is 4.52. The first kappa shape index (κ1) is 23.5. The van der Waals surface area contributed by atoms with Crippen LogP contribution in [-0.2, 0) is 4.84 Å². The molecule has 1 aliphatic heterocycles. The molecule has 0 saturated carbocycles. The second kappa shape index (κ2) is 9.51. The Morgan fingerprint density at radius 1 is 0.838 bits per heavy atom. The van der Waals surface area contributed by atoms with Crippen molar-refractivity contribution in [2.24, 2.45) is 5.16 Å². The number of fused-ring (bicyclic) bond motifs is 1. The molecule has 1 atom stereocenters. The van der Waals surface area contributed by atoms with Crippen LogP contribution in [0.4, 0.5) is 0 Å². The molecular weight excluding hydrogens is 505 g/mol. The molecule has 0 fully saturated rings. The first-order valence-electron chi connectivity index (χ1n) is 11.8. The molecular formula is C30H21Cl2N3O2. The first-order valence-corrected chi connectivity index (χ1v) is 12.6. The van der Waals surface area contributed by atoms with Crippen molar-refractivity contribution in [3.05, 3.63) is 128 Å². The van der Waals surface area contributed by atoms with Crippen LogP contribution in [0.15, 0.2) is 101 Å². The number of nitrogens with zero attached hydrogens (tertiary/aromatic N) is 3. The molecule has 1 aromatic heterocycles. The highest BCUT2D eigenvalue weighted by molar-refractivity contribution is 6.31. The summed E-state index contributed by atoms with van der Waals surface area (Å²) in [5.74, 6) is 0.554. The van der Waals surface area contributed by atoms with Crippen LogP contribution in [0.2, 0.25) is 10.0 Å². The second-order valence-electron chi connectivity index (χ2n) is 9.04. The van der Waals surface area contributed by atoms with Crippen LogP contribution >= 0.6 is 23.2 Å². The zero-order valence-corrected chi connectivity index (χ0v) is 21.4. The van der Waals surface area contributed by atoms with Gasteiger partial charge >= 0.3 is 0 Å². The van der Waals surface area contributed by atoms with Gasteiger partial charge in [0.15, 0.2) is 6.10 Å². The molecule has 2 heterocycles. The lowest BCUT2D eigenvalue weighted by molar-refractivity contribution is 0.0857. The van der Waals surface area contributed by atoms with Crippen molar-refractivity contribution in [3.63, 3.8) is 0 Å². The number of hydrogen-bond acceptors (Lipinski definition) is 4. The molecule has 37 heavy (non-hydrogen) atoms. The third-order valence-electron chi connectivity index (χ3n) is 6.51. The molecule has 5 aromatic rings. The highest BCUT2D eigenvalue weighted by Crippen LogP contribution is 2.31. The summed E-state index contributed by atoms with van der Waals surface area (Å²) in [5, 5.41) is 6.01. The summed E-state index contributed by atoms with van der Waals surface area (Å²) in [7, 11) is 0. The van der Waals surface area contributed by atoms with Gasteiger partial charge in [0.1, 0.15) is 5.82 Å². The van der Waals surface area contributed by atoms with Gasteiger partial charge in [-0.2, -0.15) is 0 Å². The minimum absolute atomic E-state index is 0.157. The minimum atomic E-state index is -0.204. The molecule has 1 aliphatic rings. The first-order chi connectivity index (χ1) is 18.0. The normalized spacial score (nSPS) is 15.0. The van der Waals surface area contributed by atoms with Gasteiger partial charge in [-0.1, -0.05) is 82.5 Å². The van der Waals surface area contributed by atoms with E-state index in [0.717, 1.165) is 28.0 Å². The topological polar surface area (TPSA) is 56.5 Å². The van der Waals surface area contributed by atoms with E-state index in [2.05, 4.69) is 5.16 Å². The third-order valence-corrected chi connectivity index (χ3v) is 7.00. The number of rotatable bonds is 4. The van der Waals surface area contributed by atoms with Crippen LogP contribution in [-0.4, -0.2) is 15.3 Å². The van der Waals surface area contributed by atoms with E-state index in [4.69, 9.17) is 33.0 Å². The highest BCUT2D eigenvalue weighted by Gasteiger charge is 2.24. The van der Waals surface area contributed by atoms with Crippen molar-refractivity contribution in [3.8, 4) is 17.1 Å². The van der Waals surface area contributed by atoms with Crippen molar-refractivity contribution >= 4 is 39.8 Å². The fraction of sp³-hybridized carbons (Fsp3) is 0.100. The minimum Gasteiger partial charge on any atom is -0.387 e. The molecule has 0 radical (unpaired) electrons. The highest BCUT2D eigenvalue weighted by atomic mass is 35.5. The maximum Gasteiger partial charge on any atom is 0.266 e. The molecule has 0 amide bonds. The smallest absolute Gasteiger partial charge is 0.266 e. The number of halogens is 2. The van der Waals surface area contributed by atoms with Crippen molar-refractivity contribution in [1.29, 1.82) is 0 Å². The maximum atomic E-state index is 13.7. The molecule has 4 aromatic carbocycles. The summed E-state index contributed by atoms with van der Waals surface area (Å²) in [4.78, 5) is 24.3. The summed E-state index contributed by atoms with van der Waals surface area (Å²) in [6.45, 7) is 2.02. The lowest BCUT2D eigenvalue weighted by Gasteiger charge is -2.15. The molecule has 5 nitrogen and oxygen atoms in total. The number of benzene rings is 4. The lowest BCUT2D eigenvalue weighted by Crippen LogP contribution is -2.22. The molecule has 1 unspecified atom stereocenters. The predicted molar refractivity (Wildman–Crippen MR) is 149 cm³/mol.